The largest absolute Gasteiger partial charge is 0.453 e. The summed E-state index contributed by atoms with van der Waals surface area (Å²) in [5.41, 5.74) is 2.08. The zero-order valence-electron chi connectivity index (χ0n) is 28.5. The number of carbonyl (C=O) groups is 5. The number of likely N-dealkylation sites (tertiary alicyclic amines) is 2. The van der Waals surface area contributed by atoms with Crippen LogP contribution in [0.1, 0.15) is 57.1 Å². The van der Waals surface area contributed by atoms with Crippen LogP contribution in [-0.4, -0.2) is 88.0 Å². The monoisotopic (exact) mass is 715 g/mol. The van der Waals surface area contributed by atoms with E-state index in [2.05, 4.69) is 20.9 Å². The number of aromatic nitrogens is 2. The Balaban J connectivity index is 1.06. The molecular formula is C36H41N7O7S. The molecule has 3 atom stereocenters. The van der Waals surface area contributed by atoms with Crippen molar-refractivity contribution in [1.82, 2.24) is 24.5 Å². The second-order valence-electron chi connectivity index (χ2n) is 12.5. The second kappa shape index (κ2) is 16.1. The molecule has 15 heteroatoms. The molecule has 0 radical (unpaired) electrons. The van der Waals surface area contributed by atoms with Gasteiger partial charge in [-0.05, 0) is 55.4 Å². The highest BCUT2D eigenvalue weighted by Crippen LogP contribution is 2.31. The van der Waals surface area contributed by atoms with E-state index in [9.17, 15) is 24.0 Å². The van der Waals surface area contributed by atoms with Gasteiger partial charge in [0.15, 0.2) is 10.8 Å². The van der Waals surface area contributed by atoms with Crippen LogP contribution in [0.3, 0.4) is 0 Å². The SMILES string of the molecule is CCCCOC(=O)N1CCC[C@H]1C(=O)Nc1cn2cc(-c3ccc(NC(=O)[C@@H]4CCCN4C(=O)[C@H](NC(=O)OC)c4ccccc4)cc3)sc2n1. The number of alkyl carbamates (subject to hydrolysis) is 1. The van der Waals surface area contributed by atoms with Gasteiger partial charge >= 0.3 is 12.2 Å². The Labute approximate surface area is 299 Å². The van der Waals surface area contributed by atoms with Gasteiger partial charge in [0.05, 0.1) is 24.8 Å². The molecule has 0 aliphatic carbocycles. The number of ether oxygens (including phenoxy) is 2. The smallest absolute Gasteiger partial charge is 0.410 e. The predicted molar refractivity (Wildman–Crippen MR) is 191 cm³/mol. The average Bonchev–Trinajstić information content (AvgIpc) is 3.95. The lowest BCUT2D eigenvalue weighted by Gasteiger charge is -2.28. The van der Waals surface area contributed by atoms with E-state index in [4.69, 9.17) is 9.47 Å². The number of anilines is 2. The molecule has 4 aromatic rings. The van der Waals surface area contributed by atoms with Crippen LogP contribution in [0.15, 0.2) is 67.0 Å². The second-order valence-corrected chi connectivity index (χ2v) is 13.5. The highest BCUT2D eigenvalue weighted by molar-refractivity contribution is 7.20. The number of carbonyl (C=O) groups excluding carboxylic acids is 5. The fourth-order valence-corrected chi connectivity index (χ4v) is 7.34. The standard InChI is InChI=1S/C36H41N7O7S/c1-3-4-20-50-36(48)43-19-9-13-27(43)32(45)38-29-22-41-21-28(51-34(41)39-29)23-14-16-25(17-15-23)37-31(44)26-12-8-18-42(26)33(46)30(40-35(47)49-2)24-10-6-5-7-11-24/h5-7,10-11,14-17,21-22,26-27,30H,3-4,8-9,12-13,18-20H2,1-2H3,(H,37,44)(H,38,45)(H,40,47)/t26-,27-,30+/m0/s1. The maximum Gasteiger partial charge on any atom is 0.410 e. The molecule has 5 amide bonds. The molecule has 2 aliphatic heterocycles. The number of rotatable bonds is 11. The summed E-state index contributed by atoms with van der Waals surface area (Å²) < 4.78 is 11.9. The molecule has 2 fully saturated rings. The molecule has 0 unspecified atom stereocenters. The van der Waals surface area contributed by atoms with Crippen LogP contribution in [-0.2, 0) is 23.9 Å². The first-order valence-electron chi connectivity index (χ1n) is 17.1. The molecule has 0 bridgehead atoms. The zero-order chi connectivity index (χ0) is 35.9. The lowest BCUT2D eigenvalue weighted by Crippen LogP contribution is -2.48. The molecule has 2 saturated heterocycles. The van der Waals surface area contributed by atoms with Crippen molar-refractivity contribution >= 4 is 57.7 Å². The molecular weight excluding hydrogens is 675 g/mol. The quantitative estimate of drug-likeness (QED) is 0.173. The number of methoxy groups -OCH3 is 1. The van der Waals surface area contributed by atoms with Crippen LogP contribution >= 0.6 is 11.3 Å². The minimum absolute atomic E-state index is 0.289. The van der Waals surface area contributed by atoms with E-state index in [1.165, 1.54) is 28.2 Å². The van der Waals surface area contributed by atoms with Gasteiger partial charge in [-0.2, -0.15) is 0 Å². The van der Waals surface area contributed by atoms with E-state index >= 15 is 0 Å². The van der Waals surface area contributed by atoms with E-state index < -0.39 is 30.3 Å². The van der Waals surface area contributed by atoms with Gasteiger partial charge in [0.2, 0.25) is 11.8 Å². The number of fused-ring (bicyclic) bond motifs is 1. The molecule has 14 nitrogen and oxygen atoms in total. The van der Waals surface area contributed by atoms with Crippen molar-refractivity contribution in [3.8, 4) is 10.4 Å². The number of imidazole rings is 1. The van der Waals surface area contributed by atoms with Crippen molar-refractivity contribution in [3.63, 3.8) is 0 Å². The molecule has 268 valence electrons. The van der Waals surface area contributed by atoms with E-state index in [-0.39, 0.29) is 17.7 Å². The maximum absolute atomic E-state index is 13.7. The normalized spacial score (nSPS) is 17.6. The van der Waals surface area contributed by atoms with Crippen LogP contribution in [0.2, 0.25) is 0 Å². The van der Waals surface area contributed by atoms with Gasteiger partial charge in [0.25, 0.3) is 5.91 Å². The zero-order valence-corrected chi connectivity index (χ0v) is 29.3. The predicted octanol–water partition coefficient (Wildman–Crippen LogP) is 5.43. The lowest BCUT2D eigenvalue weighted by atomic mass is 10.0. The molecule has 51 heavy (non-hydrogen) atoms. The topological polar surface area (TPSA) is 164 Å². The van der Waals surface area contributed by atoms with Crippen molar-refractivity contribution in [1.29, 1.82) is 0 Å². The third kappa shape index (κ3) is 8.14. The first-order valence-corrected chi connectivity index (χ1v) is 17.9. The van der Waals surface area contributed by atoms with Crippen LogP contribution < -0.4 is 16.0 Å². The average molecular weight is 716 g/mol. The summed E-state index contributed by atoms with van der Waals surface area (Å²) in [5, 5.41) is 8.40. The first kappa shape index (κ1) is 35.4. The molecule has 0 spiro atoms. The minimum Gasteiger partial charge on any atom is -0.453 e. The van der Waals surface area contributed by atoms with Gasteiger partial charge in [-0.15, -0.1) is 0 Å². The van der Waals surface area contributed by atoms with Crippen molar-refractivity contribution < 1.29 is 33.4 Å². The number of hydrogen-bond acceptors (Lipinski definition) is 9. The maximum atomic E-state index is 13.7. The third-order valence-corrected chi connectivity index (χ3v) is 10.1. The van der Waals surface area contributed by atoms with Gasteiger partial charge in [-0.1, -0.05) is 67.1 Å². The van der Waals surface area contributed by atoms with E-state index in [0.29, 0.717) is 61.0 Å². The highest BCUT2D eigenvalue weighted by Gasteiger charge is 2.39. The molecule has 0 saturated carbocycles. The summed E-state index contributed by atoms with van der Waals surface area (Å²) in [6.45, 7) is 3.23. The fourth-order valence-electron chi connectivity index (χ4n) is 6.37. The van der Waals surface area contributed by atoms with Crippen molar-refractivity contribution in [2.45, 2.75) is 63.6 Å². The summed E-state index contributed by atoms with van der Waals surface area (Å²) in [4.78, 5) is 73.9. The first-order chi connectivity index (χ1) is 24.7. The summed E-state index contributed by atoms with van der Waals surface area (Å²) in [6.07, 6.45) is 6.60. The van der Waals surface area contributed by atoms with E-state index in [1.807, 2.05) is 35.7 Å². The lowest BCUT2D eigenvalue weighted by molar-refractivity contribution is -0.138. The summed E-state index contributed by atoms with van der Waals surface area (Å²) >= 11 is 1.44. The van der Waals surface area contributed by atoms with E-state index in [0.717, 1.165) is 29.7 Å². The van der Waals surface area contributed by atoms with Crippen molar-refractivity contribution in [2.24, 2.45) is 0 Å². The Morgan fingerprint density at radius 2 is 1.59 bits per heavy atom. The molecule has 2 aromatic heterocycles. The van der Waals surface area contributed by atoms with Gasteiger partial charge in [0.1, 0.15) is 18.1 Å². The van der Waals surface area contributed by atoms with Crippen LogP contribution in [0.4, 0.5) is 21.1 Å². The van der Waals surface area contributed by atoms with Crippen LogP contribution in [0.25, 0.3) is 15.4 Å². The number of thiazole rings is 1. The van der Waals surface area contributed by atoms with Crippen molar-refractivity contribution in [2.75, 3.05) is 37.4 Å². The van der Waals surface area contributed by atoms with Crippen LogP contribution in [0, 0.1) is 0 Å². The number of benzene rings is 2. The Kier molecular flexibility index (Phi) is 11.1. The summed E-state index contributed by atoms with van der Waals surface area (Å²) in [7, 11) is 1.23. The molecule has 6 rings (SSSR count). The number of amides is 5. The summed E-state index contributed by atoms with van der Waals surface area (Å²) in [5.74, 6) is -0.579. The van der Waals surface area contributed by atoms with Gasteiger partial charge in [0, 0.05) is 25.0 Å². The Bertz CT molecular complexity index is 1850. The fraction of sp³-hybridized carbons (Fsp3) is 0.389. The van der Waals surface area contributed by atoms with Gasteiger partial charge in [-0.25, -0.2) is 14.6 Å². The number of unbranched alkanes of at least 4 members (excludes halogenated alkanes) is 1. The minimum atomic E-state index is -0.992. The van der Waals surface area contributed by atoms with Gasteiger partial charge < -0.3 is 30.3 Å². The summed E-state index contributed by atoms with van der Waals surface area (Å²) in [6, 6.07) is 14.0. The third-order valence-electron chi connectivity index (χ3n) is 9.02. The van der Waals surface area contributed by atoms with Crippen LogP contribution in [0.5, 0.6) is 0 Å². The Hall–Kier alpha value is -5.44. The van der Waals surface area contributed by atoms with Gasteiger partial charge in [-0.3, -0.25) is 23.7 Å². The van der Waals surface area contributed by atoms with Crippen molar-refractivity contribution in [3.05, 3.63) is 72.6 Å². The molecule has 3 N–H and O–H groups in total. The molecule has 4 heterocycles. The molecule has 2 aromatic carbocycles. The Morgan fingerprint density at radius 1 is 0.902 bits per heavy atom. The highest BCUT2D eigenvalue weighted by atomic mass is 32.1. The number of nitrogens with one attached hydrogen (secondary N) is 3. The number of hydrogen-bond donors (Lipinski definition) is 3. The number of nitrogens with zero attached hydrogens (tertiary/aromatic N) is 4. The molecule has 2 aliphatic rings. The van der Waals surface area contributed by atoms with E-state index in [1.54, 1.807) is 42.6 Å². The Morgan fingerprint density at radius 3 is 2.27 bits per heavy atom.